The number of hydrogen-bond donors (Lipinski definition) is 3. The Kier molecular flexibility index (Phi) is 5.02. The van der Waals surface area contributed by atoms with E-state index in [9.17, 15) is 14.7 Å². The zero-order chi connectivity index (χ0) is 14.6. The van der Waals surface area contributed by atoms with E-state index in [1.54, 1.807) is 0 Å². The number of amides is 1. The smallest absolute Gasteiger partial charge is 0.308 e. The molecule has 4 N–H and O–H groups in total. The minimum absolute atomic E-state index is 0.0763. The van der Waals surface area contributed by atoms with E-state index >= 15 is 0 Å². The molecule has 0 spiro atoms. The van der Waals surface area contributed by atoms with E-state index in [4.69, 9.17) is 5.73 Å². The lowest BCUT2D eigenvalue weighted by Crippen LogP contribution is -2.50. The number of hydrogen-bond acceptors (Lipinski definition) is 3. The van der Waals surface area contributed by atoms with E-state index in [1.807, 2.05) is 0 Å². The summed E-state index contributed by atoms with van der Waals surface area (Å²) in [5.74, 6) is -1.31. The van der Waals surface area contributed by atoms with Crippen LogP contribution in [-0.2, 0) is 9.59 Å². The summed E-state index contributed by atoms with van der Waals surface area (Å²) in [6, 6.07) is -0.221. The maximum absolute atomic E-state index is 12.2. The predicted molar refractivity (Wildman–Crippen MR) is 76.1 cm³/mol. The molecule has 2 atom stereocenters. The molecule has 0 saturated heterocycles. The second-order valence-electron chi connectivity index (χ2n) is 6.50. The van der Waals surface area contributed by atoms with Gasteiger partial charge in [0, 0.05) is 18.0 Å². The van der Waals surface area contributed by atoms with Crippen LogP contribution in [0.2, 0.25) is 0 Å². The molecule has 1 amide bonds. The van der Waals surface area contributed by atoms with E-state index in [0.717, 1.165) is 44.9 Å². The number of carboxylic acid groups (broad SMARTS) is 1. The monoisotopic (exact) mass is 282 g/mol. The number of carbonyl (C=O) groups is 2. The van der Waals surface area contributed by atoms with Gasteiger partial charge in [-0.3, -0.25) is 9.59 Å². The lowest BCUT2D eigenvalue weighted by Gasteiger charge is -2.34. The number of rotatable bonds is 4. The highest BCUT2D eigenvalue weighted by Crippen LogP contribution is 2.29. The van der Waals surface area contributed by atoms with E-state index < -0.39 is 11.9 Å². The molecular weight excluding hydrogens is 256 g/mol. The molecule has 0 bridgehead atoms. The van der Waals surface area contributed by atoms with Gasteiger partial charge in [0.2, 0.25) is 5.91 Å². The number of aliphatic carboxylic acids is 1. The fourth-order valence-corrected chi connectivity index (χ4v) is 3.61. The summed E-state index contributed by atoms with van der Waals surface area (Å²) in [4.78, 5) is 23.4. The van der Waals surface area contributed by atoms with Crippen molar-refractivity contribution in [2.24, 2.45) is 11.7 Å². The van der Waals surface area contributed by atoms with Crippen LogP contribution < -0.4 is 11.1 Å². The van der Waals surface area contributed by atoms with Crippen molar-refractivity contribution in [1.29, 1.82) is 0 Å². The van der Waals surface area contributed by atoms with Crippen molar-refractivity contribution in [3.63, 3.8) is 0 Å². The molecule has 5 heteroatoms. The van der Waals surface area contributed by atoms with Crippen molar-refractivity contribution >= 4 is 11.9 Å². The molecule has 2 rings (SSSR count). The summed E-state index contributed by atoms with van der Waals surface area (Å²) < 4.78 is 0. The highest BCUT2D eigenvalue weighted by Gasteiger charge is 2.34. The lowest BCUT2D eigenvalue weighted by atomic mass is 9.79. The number of carbonyl (C=O) groups excluding carboxylic acids is 1. The summed E-state index contributed by atoms with van der Waals surface area (Å²) in [6.45, 7) is 0. The van der Waals surface area contributed by atoms with E-state index in [1.165, 1.54) is 6.42 Å². The molecule has 0 aromatic carbocycles. The Labute approximate surface area is 120 Å². The van der Waals surface area contributed by atoms with Crippen LogP contribution in [0.4, 0.5) is 0 Å². The van der Waals surface area contributed by atoms with Crippen LogP contribution in [-0.4, -0.2) is 28.6 Å². The molecule has 2 aliphatic rings. The van der Waals surface area contributed by atoms with Crippen LogP contribution >= 0.6 is 0 Å². The maximum atomic E-state index is 12.2. The first-order valence-corrected chi connectivity index (χ1v) is 7.81. The molecule has 2 fully saturated rings. The van der Waals surface area contributed by atoms with Gasteiger partial charge in [0.1, 0.15) is 0 Å². The fourth-order valence-electron chi connectivity index (χ4n) is 3.61. The Hall–Kier alpha value is -1.10. The van der Waals surface area contributed by atoms with E-state index in [2.05, 4.69) is 5.32 Å². The van der Waals surface area contributed by atoms with Crippen molar-refractivity contribution < 1.29 is 14.7 Å². The molecule has 0 aromatic rings. The Balaban J connectivity index is 1.87. The van der Waals surface area contributed by atoms with Crippen LogP contribution in [0.3, 0.4) is 0 Å². The highest BCUT2D eigenvalue weighted by atomic mass is 16.4. The molecule has 114 valence electrons. The zero-order valence-corrected chi connectivity index (χ0v) is 12.1. The Bertz CT molecular complexity index is 364. The Morgan fingerprint density at radius 1 is 1.10 bits per heavy atom. The standard InChI is InChI=1S/C15H26N2O3/c16-15(8-4-1-5-9-15)10-13(18)17-12-7-3-2-6-11(12)14(19)20/h11-12H,1-10,16H2,(H,17,18)(H,19,20). The third-order valence-electron chi connectivity index (χ3n) is 4.79. The largest absolute Gasteiger partial charge is 0.481 e. The highest BCUT2D eigenvalue weighted by molar-refractivity contribution is 5.79. The van der Waals surface area contributed by atoms with Gasteiger partial charge in [0.15, 0.2) is 0 Å². The summed E-state index contributed by atoms with van der Waals surface area (Å²) in [5, 5.41) is 12.1. The molecule has 0 aliphatic heterocycles. The van der Waals surface area contributed by atoms with Crippen LogP contribution in [0.25, 0.3) is 0 Å². The number of nitrogens with one attached hydrogen (secondary N) is 1. The van der Waals surface area contributed by atoms with Gasteiger partial charge >= 0.3 is 5.97 Å². The first-order chi connectivity index (χ1) is 9.50. The van der Waals surface area contributed by atoms with E-state index in [0.29, 0.717) is 12.8 Å². The van der Waals surface area contributed by atoms with Gasteiger partial charge in [-0.2, -0.15) is 0 Å². The second kappa shape index (κ2) is 6.57. The van der Waals surface area contributed by atoms with Crippen molar-refractivity contribution in [3.05, 3.63) is 0 Å². The van der Waals surface area contributed by atoms with Gasteiger partial charge in [-0.05, 0) is 25.7 Å². The van der Waals surface area contributed by atoms with Gasteiger partial charge in [-0.1, -0.05) is 32.1 Å². The average molecular weight is 282 g/mol. The van der Waals surface area contributed by atoms with Gasteiger partial charge in [-0.25, -0.2) is 0 Å². The molecule has 20 heavy (non-hydrogen) atoms. The minimum Gasteiger partial charge on any atom is -0.481 e. The van der Waals surface area contributed by atoms with Crippen molar-refractivity contribution in [2.45, 2.75) is 75.8 Å². The Morgan fingerprint density at radius 3 is 2.40 bits per heavy atom. The molecular formula is C15H26N2O3. The van der Waals surface area contributed by atoms with Crippen molar-refractivity contribution in [2.75, 3.05) is 0 Å². The first-order valence-electron chi connectivity index (χ1n) is 7.81. The van der Waals surface area contributed by atoms with E-state index in [-0.39, 0.29) is 17.5 Å². The third-order valence-corrected chi connectivity index (χ3v) is 4.79. The predicted octanol–water partition coefficient (Wildman–Crippen LogP) is 1.80. The Morgan fingerprint density at radius 2 is 1.75 bits per heavy atom. The molecule has 5 nitrogen and oxygen atoms in total. The fraction of sp³-hybridized carbons (Fsp3) is 0.867. The molecule has 0 radical (unpaired) electrons. The molecule has 0 heterocycles. The molecule has 2 saturated carbocycles. The van der Waals surface area contributed by atoms with Gasteiger partial charge < -0.3 is 16.2 Å². The zero-order valence-electron chi connectivity index (χ0n) is 12.1. The van der Waals surface area contributed by atoms with Crippen molar-refractivity contribution in [1.82, 2.24) is 5.32 Å². The first kappa shape index (κ1) is 15.3. The quantitative estimate of drug-likeness (QED) is 0.733. The lowest BCUT2D eigenvalue weighted by molar-refractivity contribution is -0.144. The van der Waals surface area contributed by atoms with Crippen LogP contribution in [0.15, 0.2) is 0 Å². The second-order valence-corrected chi connectivity index (χ2v) is 6.50. The maximum Gasteiger partial charge on any atom is 0.308 e. The topological polar surface area (TPSA) is 92.4 Å². The summed E-state index contributed by atoms with van der Waals surface area (Å²) in [5.41, 5.74) is 5.90. The molecule has 2 unspecified atom stereocenters. The number of nitrogens with two attached hydrogens (primary N) is 1. The summed E-state index contributed by atoms with van der Waals surface area (Å²) >= 11 is 0. The normalized spacial score (nSPS) is 29.6. The van der Waals surface area contributed by atoms with Gasteiger partial charge in [-0.15, -0.1) is 0 Å². The summed E-state index contributed by atoms with van der Waals surface area (Å²) in [6.07, 6.45) is 8.85. The minimum atomic E-state index is -0.796. The van der Waals surface area contributed by atoms with Crippen LogP contribution in [0, 0.1) is 5.92 Å². The summed E-state index contributed by atoms with van der Waals surface area (Å²) in [7, 11) is 0. The van der Waals surface area contributed by atoms with Crippen molar-refractivity contribution in [3.8, 4) is 0 Å². The van der Waals surface area contributed by atoms with Gasteiger partial charge in [0.25, 0.3) is 0 Å². The van der Waals surface area contributed by atoms with Crippen LogP contribution in [0.5, 0.6) is 0 Å². The SMILES string of the molecule is NC1(CC(=O)NC2CCCCC2C(=O)O)CCCCC1. The molecule has 2 aliphatic carbocycles. The molecule has 0 aromatic heterocycles. The van der Waals surface area contributed by atoms with Gasteiger partial charge in [0.05, 0.1) is 5.92 Å². The average Bonchev–Trinajstić information content (AvgIpc) is 2.39. The van der Waals surface area contributed by atoms with Crippen LogP contribution in [0.1, 0.15) is 64.2 Å². The number of carboxylic acids is 1. The third kappa shape index (κ3) is 3.95.